The van der Waals surface area contributed by atoms with Gasteiger partial charge in [0.25, 0.3) is 0 Å². The van der Waals surface area contributed by atoms with Crippen molar-refractivity contribution in [2.24, 2.45) is 5.92 Å². The highest BCUT2D eigenvalue weighted by atomic mass is 15.3. The van der Waals surface area contributed by atoms with E-state index in [4.69, 9.17) is 0 Å². The molecule has 2 rings (SSSR count). The van der Waals surface area contributed by atoms with E-state index in [1.165, 1.54) is 32.5 Å². The minimum atomic E-state index is 0.881. The summed E-state index contributed by atoms with van der Waals surface area (Å²) < 4.78 is 1.99. The number of piperidine rings is 1. The fourth-order valence-electron chi connectivity index (χ4n) is 2.19. The Morgan fingerprint density at radius 1 is 1.38 bits per heavy atom. The number of rotatable bonds is 6. The van der Waals surface area contributed by atoms with Gasteiger partial charge >= 0.3 is 0 Å². The van der Waals surface area contributed by atoms with Crippen molar-refractivity contribution in [3.63, 3.8) is 0 Å². The lowest BCUT2D eigenvalue weighted by molar-refractivity contribution is 0.354. The average molecular weight is 222 g/mol. The van der Waals surface area contributed by atoms with Crippen LogP contribution in [0.1, 0.15) is 19.3 Å². The maximum Gasteiger partial charge on any atom is 0.0489 e. The van der Waals surface area contributed by atoms with E-state index in [1.54, 1.807) is 0 Å². The molecule has 1 aliphatic rings. The Bertz CT molecular complexity index is 265. The molecule has 4 nitrogen and oxygen atoms in total. The molecule has 0 aliphatic carbocycles. The first-order chi connectivity index (χ1) is 7.95. The number of hydrogen-bond acceptors (Lipinski definition) is 3. The van der Waals surface area contributed by atoms with E-state index >= 15 is 0 Å². The maximum atomic E-state index is 4.18. The van der Waals surface area contributed by atoms with Crippen LogP contribution in [0, 0.1) is 5.92 Å². The summed E-state index contributed by atoms with van der Waals surface area (Å²) in [5.41, 5.74) is 0. The predicted molar refractivity (Wildman–Crippen MR) is 65.3 cm³/mol. The van der Waals surface area contributed by atoms with Crippen molar-refractivity contribution in [3.05, 3.63) is 18.5 Å². The second-order valence-electron chi connectivity index (χ2n) is 4.52. The van der Waals surface area contributed by atoms with Crippen LogP contribution >= 0.6 is 0 Å². The first kappa shape index (κ1) is 11.6. The molecule has 0 radical (unpaired) electrons. The van der Waals surface area contributed by atoms with Crippen LogP contribution in [0.3, 0.4) is 0 Å². The zero-order valence-corrected chi connectivity index (χ0v) is 9.86. The minimum absolute atomic E-state index is 0.881. The Balaban J connectivity index is 1.48. The molecule has 1 aromatic heterocycles. The van der Waals surface area contributed by atoms with E-state index in [-0.39, 0.29) is 0 Å². The van der Waals surface area contributed by atoms with Gasteiger partial charge in [0.2, 0.25) is 0 Å². The Morgan fingerprint density at radius 2 is 2.25 bits per heavy atom. The molecule has 0 bridgehead atoms. The van der Waals surface area contributed by atoms with Crippen LogP contribution in [0.25, 0.3) is 0 Å². The van der Waals surface area contributed by atoms with Crippen LogP contribution in [0.4, 0.5) is 0 Å². The van der Waals surface area contributed by atoms with Gasteiger partial charge in [-0.05, 0) is 57.4 Å². The molecule has 2 N–H and O–H groups in total. The lowest BCUT2D eigenvalue weighted by atomic mass is 9.98. The molecule has 2 heterocycles. The van der Waals surface area contributed by atoms with Crippen LogP contribution < -0.4 is 10.6 Å². The normalized spacial score (nSPS) is 17.8. The molecule has 90 valence electrons. The van der Waals surface area contributed by atoms with Crippen molar-refractivity contribution in [2.75, 3.05) is 26.2 Å². The summed E-state index contributed by atoms with van der Waals surface area (Å²) >= 11 is 0. The van der Waals surface area contributed by atoms with Crippen molar-refractivity contribution in [3.8, 4) is 0 Å². The van der Waals surface area contributed by atoms with Gasteiger partial charge in [-0.25, -0.2) is 0 Å². The summed E-state index contributed by atoms with van der Waals surface area (Å²) in [6.45, 7) is 5.69. The standard InChI is InChI=1S/C12H22N4/c1(9-16-10-2-6-15-16)5-14-11-12-3-7-13-8-4-12/h2,6,10,12-14H,1,3-5,7-9,11H2. The van der Waals surface area contributed by atoms with Crippen LogP contribution in [0.2, 0.25) is 0 Å². The summed E-state index contributed by atoms with van der Waals surface area (Å²) in [7, 11) is 0. The second kappa shape index (κ2) is 6.66. The van der Waals surface area contributed by atoms with Gasteiger partial charge in [0.05, 0.1) is 0 Å². The lowest BCUT2D eigenvalue weighted by Crippen LogP contribution is -2.34. The average Bonchev–Trinajstić information content (AvgIpc) is 2.83. The SMILES string of the molecule is c1cnn(CCCNCC2CCNCC2)c1. The van der Waals surface area contributed by atoms with Gasteiger partial charge in [-0.1, -0.05) is 0 Å². The Labute approximate surface area is 97.4 Å². The molecule has 1 aliphatic heterocycles. The van der Waals surface area contributed by atoms with E-state index in [0.717, 1.165) is 25.4 Å². The lowest BCUT2D eigenvalue weighted by Gasteiger charge is -2.22. The van der Waals surface area contributed by atoms with E-state index < -0.39 is 0 Å². The Morgan fingerprint density at radius 3 is 3.00 bits per heavy atom. The predicted octanol–water partition coefficient (Wildman–Crippen LogP) is 0.862. The summed E-state index contributed by atoms with van der Waals surface area (Å²) in [6.07, 6.45) is 7.67. The quantitative estimate of drug-likeness (QED) is 0.702. The highest BCUT2D eigenvalue weighted by molar-refractivity contribution is 4.77. The third-order valence-electron chi connectivity index (χ3n) is 3.19. The van der Waals surface area contributed by atoms with E-state index in [2.05, 4.69) is 15.7 Å². The van der Waals surface area contributed by atoms with E-state index in [1.807, 2.05) is 23.1 Å². The van der Waals surface area contributed by atoms with Crippen LogP contribution in [-0.2, 0) is 6.54 Å². The molecule has 1 fully saturated rings. The molecule has 4 heteroatoms. The number of nitrogens with zero attached hydrogens (tertiary/aromatic N) is 2. The van der Waals surface area contributed by atoms with Crippen molar-refractivity contribution in [1.82, 2.24) is 20.4 Å². The molecule has 0 atom stereocenters. The third-order valence-corrected chi connectivity index (χ3v) is 3.19. The van der Waals surface area contributed by atoms with E-state index in [9.17, 15) is 0 Å². The molecule has 0 saturated carbocycles. The number of aromatic nitrogens is 2. The monoisotopic (exact) mass is 222 g/mol. The zero-order valence-electron chi connectivity index (χ0n) is 9.86. The van der Waals surface area contributed by atoms with E-state index in [0.29, 0.717) is 0 Å². The second-order valence-corrected chi connectivity index (χ2v) is 4.52. The van der Waals surface area contributed by atoms with Gasteiger partial charge in [0.1, 0.15) is 0 Å². The zero-order chi connectivity index (χ0) is 11.1. The van der Waals surface area contributed by atoms with Gasteiger partial charge in [-0.15, -0.1) is 0 Å². The number of nitrogens with one attached hydrogen (secondary N) is 2. The van der Waals surface area contributed by atoms with Gasteiger partial charge in [0.15, 0.2) is 0 Å². The first-order valence-corrected chi connectivity index (χ1v) is 6.34. The molecule has 0 unspecified atom stereocenters. The van der Waals surface area contributed by atoms with Crippen molar-refractivity contribution >= 4 is 0 Å². The summed E-state index contributed by atoms with van der Waals surface area (Å²) in [4.78, 5) is 0. The number of aryl methyl sites for hydroxylation is 1. The van der Waals surface area contributed by atoms with Crippen molar-refractivity contribution < 1.29 is 0 Å². The highest BCUT2D eigenvalue weighted by Gasteiger charge is 2.11. The molecule has 0 aromatic carbocycles. The fraction of sp³-hybridized carbons (Fsp3) is 0.750. The van der Waals surface area contributed by atoms with Crippen molar-refractivity contribution in [2.45, 2.75) is 25.8 Å². The summed E-state index contributed by atoms with van der Waals surface area (Å²) in [5.74, 6) is 0.881. The molecule has 16 heavy (non-hydrogen) atoms. The van der Waals surface area contributed by atoms with Gasteiger partial charge in [0, 0.05) is 18.9 Å². The Hall–Kier alpha value is -0.870. The molecule has 0 spiro atoms. The molecular weight excluding hydrogens is 200 g/mol. The van der Waals surface area contributed by atoms with Gasteiger partial charge in [-0.2, -0.15) is 5.10 Å². The van der Waals surface area contributed by atoms with Gasteiger partial charge < -0.3 is 10.6 Å². The summed E-state index contributed by atoms with van der Waals surface area (Å²) in [6, 6.07) is 1.97. The fourth-order valence-corrected chi connectivity index (χ4v) is 2.19. The number of hydrogen-bond donors (Lipinski definition) is 2. The largest absolute Gasteiger partial charge is 0.317 e. The molecule has 0 amide bonds. The molecular formula is C12H22N4. The van der Waals surface area contributed by atoms with Crippen LogP contribution in [0.5, 0.6) is 0 Å². The van der Waals surface area contributed by atoms with Crippen molar-refractivity contribution in [1.29, 1.82) is 0 Å². The molecule has 1 aromatic rings. The molecule has 1 saturated heterocycles. The Kier molecular flexibility index (Phi) is 4.83. The maximum absolute atomic E-state index is 4.18. The summed E-state index contributed by atoms with van der Waals surface area (Å²) in [5, 5.41) is 11.1. The third kappa shape index (κ3) is 3.94. The minimum Gasteiger partial charge on any atom is -0.317 e. The first-order valence-electron chi connectivity index (χ1n) is 6.34. The highest BCUT2D eigenvalue weighted by Crippen LogP contribution is 2.09. The van der Waals surface area contributed by atoms with Gasteiger partial charge in [-0.3, -0.25) is 4.68 Å². The van der Waals surface area contributed by atoms with Crippen LogP contribution in [-0.4, -0.2) is 36.0 Å². The van der Waals surface area contributed by atoms with Crippen LogP contribution in [0.15, 0.2) is 18.5 Å². The topological polar surface area (TPSA) is 41.9 Å². The smallest absolute Gasteiger partial charge is 0.0489 e.